The molecule has 1 unspecified atom stereocenters. The summed E-state index contributed by atoms with van der Waals surface area (Å²) in [6.07, 6.45) is 1.37. The third-order valence-electron chi connectivity index (χ3n) is 2.74. The molecule has 3 heteroatoms. The molecule has 1 fully saturated rings. The van der Waals surface area contributed by atoms with Gasteiger partial charge in [0.2, 0.25) is 0 Å². The van der Waals surface area contributed by atoms with E-state index < -0.39 is 12.1 Å². The normalized spacial score (nSPS) is 17.4. The van der Waals surface area contributed by atoms with E-state index in [9.17, 15) is 9.90 Å². The van der Waals surface area contributed by atoms with Crippen molar-refractivity contribution in [2.75, 3.05) is 0 Å². The molecule has 0 aliphatic heterocycles. The van der Waals surface area contributed by atoms with Gasteiger partial charge in [0.05, 0.1) is 12.5 Å². The van der Waals surface area contributed by atoms with Crippen LogP contribution in [0.2, 0.25) is 0 Å². The number of aliphatic carboxylic acids is 1. The van der Waals surface area contributed by atoms with Crippen molar-refractivity contribution in [3.05, 3.63) is 35.4 Å². The van der Waals surface area contributed by atoms with Crippen LogP contribution in [0.5, 0.6) is 0 Å². The molecular weight excluding hydrogens is 192 g/mol. The van der Waals surface area contributed by atoms with Crippen LogP contribution < -0.4 is 0 Å². The Balaban J connectivity index is 2.05. The van der Waals surface area contributed by atoms with Gasteiger partial charge in [-0.1, -0.05) is 24.3 Å². The Labute approximate surface area is 88.4 Å². The van der Waals surface area contributed by atoms with Crippen LogP contribution in [0.4, 0.5) is 0 Å². The Morgan fingerprint density at radius 3 is 2.40 bits per heavy atom. The van der Waals surface area contributed by atoms with Gasteiger partial charge < -0.3 is 10.2 Å². The first-order chi connectivity index (χ1) is 7.16. The lowest BCUT2D eigenvalue weighted by Gasteiger charge is -2.08. The standard InChI is InChI=1S/C12H14O3/c13-11(7-12(14)15)10-5-3-9(4-6-10)8-1-2-8/h3-6,8,11,13H,1-2,7H2,(H,14,15). The fourth-order valence-corrected chi connectivity index (χ4v) is 1.69. The molecule has 0 spiro atoms. The van der Waals surface area contributed by atoms with Crippen molar-refractivity contribution in [1.29, 1.82) is 0 Å². The molecule has 80 valence electrons. The van der Waals surface area contributed by atoms with Crippen LogP contribution in [0, 0.1) is 0 Å². The lowest BCUT2D eigenvalue weighted by molar-refractivity contribution is -0.139. The number of aliphatic hydroxyl groups is 1. The van der Waals surface area contributed by atoms with Crippen LogP contribution >= 0.6 is 0 Å². The lowest BCUT2D eigenvalue weighted by Crippen LogP contribution is -2.05. The largest absolute Gasteiger partial charge is 0.481 e. The van der Waals surface area contributed by atoms with E-state index in [2.05, 4.69) is 0 Å². The van der Waals surface area contributed by atoms with Crippen LogP contribution in [-0.4, -0.2) is 16.2 Å². The van der Waals surface area contributed by atoms with E-state index in [0.29, 0.717) is 11.5 Å². The van der Waals surface area contributed by atoms with Crippen LogP contribution in [0.25, 0.3) is 0 Å². The van der Waals surface area contributed by atoms with Gasteiger partial charge in [0, 0.05) is 0 Å². The molecule has 0 radical (unpaired) electrons. The number of hydrogen-bond donors (Lipinski definition) is 2. The molecule has 1 atom stereocenters. The summed E-state index contributed by atoms with van der Waals surface area (Å²) in [7, 11) is 0. The van der Waals surface area contributed by atoms with Gasteiger partial charge in [0.25, 0.3) is 0 Å². The summed E-state index contributed by atoms with van der Waals surface area (Å²) in [6, 6.07) is 7.61. The van der Waals surface area contributed by atoms with E-state index in [0.717, 1.165) is 0 Å². The van der Waals surface area contributed by atoms with E-state index in [1.54, 1.807) is 0 Å². The van der Waals surface area contributed by atoms with Crippen LogP contribution in [0.3, 0.4) is 0 Å². The fourth-order valence-electron chi connectivity index (χ4n) is 1.69. The number of carboxylic acid groups (broad SMARTS) is 1. The maximum absolute atomic E-state index is 10.4. The van der Waals surface area contributed by atoms with Gasteiger partial charge in [-0.25, -0.2) is 0 Å². The molecule has 1 aromatic carbocycles. The second kappa shape index (κ2) is 4.03. The smallest absolute Gasteiger partial charge is 0.306 e. The SMILES string of the molecule is O=C(O)CC(O)c1ccc(C2CC2)cc1. The van der Waals surface area contributed by atoms with Crippen molar-refractivity contribution in [2.45, 2.75) is 31.3 Å². The molecule has 3 nitrogen and oxygen atoms in total. The quantitative estimate of drug-likeness (QED) is 0.792. The minimum absolute atomic E-state index is 0.233. The van der Waals surface area contributed by atoms with Crippen molar-refractivity contribution in [1.82, 2.24) is 0 Å². The van der Waals surface area contributed by atoms with E-state index in [-0.39, 0.29) is 6.42 Å². The third kappa shape index (κ3) is 2.57. The molecule has 0 aromatic heterocycles. The Morgan fingerprint density at radius 1 is 1.33 bits per heavy atom. The van der Waals surface area contributed by atoms with Gasteiger partial charge >= 0.3 is 5.97 Å². The number of carbonyl (C=O) groups is 1. The molecule has 1 aromatic rings. The molecule has 0 heterocycles. The highest BCUT2D eigenvalue weighted by Crippen LogP contribution is 2.40. The molecule has 1 aliphatic rings. The zero-order valence-electron chi connectivity index (χ0n) is 8.39. The van der Waals surface area contributed by atoms with E-state index in [1.165, 1.54) is 18.4 Å². The summed E-state index contributed by atoms with van der Waals surface area (Å²) >= 11 is 0. The molecule has 15 heavy (non-hydrogen) atoms. The van der Waals surface area contributed by atoms with Gasteiger partial charge in [0.15, 0.2) is 0 Å². The van der Waals surface area contributed by atoms with Crippen molar-refractivity contribution < 1.29 is 15.0 Å². The molecule has 1 aliphatic carbocycles. The van der Waals surface area contributed by atoms with Crippen LogP contribution in [0.1, 0.15) is 42.4 Å². The first-order valence-electron chi connectivity index (χ1n) is 5.16. The minimum atomic E-state index is -0.978. The predicted molar refractivity (Wildman–Crippen MR) is 55.6 cm³/mol. The van der Waals surface area contributed by atoms with Gasteiger partial charge in [-0.15, -0.1) is 0 Å². The minimum Gasteiger partial charge on any atom is -0.481 e. The highest BCUT2D eigenvalue weighted by atomic mass is 16.4. The summed E-state index contributed by atoms with van der Waals surface area (Å²) in [6.45, 7) is 0. The van der Waals surface area contributed by atoms with E-state index in [4.69, 9.17) is 5.11 Å². The summed E-state index contributed by atoms with van der Waals surface area (Å²) in [5, 5.41) is 18.1. The highest BCUT2D eigenvalue weighted by Gasteiger charge is 2.23. The second-order valence-corrected chi connectivity index (χ2v) is 4.05. The number of hydrogen-bond acceptors (Lipinski definition) is 2. The monoisotopic (exact) mass is 206 g/mol. The van der Waals surface area contributed by atoms with Crippen molar-refractivity contribution in [3.63, 3.8) is 0 Å². The van der Waals surface area contributed by atoms with Crippen molar-refractivity contribution in [2.24, 2.45) is 0 Å². The molecule has 1 saturated carbocycles. The van der Waals surface area contributed by atoms with E-state index >= 15 is 0 Å². The lowest BCUT2D eigenvalue weighted by atomic mass is 10.0. The molecule has 2 N–H and O–H groups in total. The van der Waals surface area contributed by atoms with Gasteiger partial charge in [0.1, 0.15) is 0 Å². The van der Waals surface area contributed by atoms with Crippen LogP contribution in [0.15, 0.2) is 24.3 Å². The van der Waals surface area contributed by atoms with Gasteiger partial charge in [-0.2, -0.15) is 0 Å². The summed E-state index contributed by atoms with van der Waals surface area (Å²) < 4.78 is 0. The highest BCUT2D eigenvalue weighted by molar-refractivity contribution is 5.67. The summed E-state index contributed by atoms with van der Waals surface area (Å²) in [5.41, 5.74) is 1.98. The molecule has 2 rings (SSSR count). The van der Waals surface area contributed by atoms with E-state index in [1.807, 2.05) is 24.3 Å². The second-order valence-electron chi connectivity index (χ2n) is 4.05. The fraction of sp³-hybridized carbons (Fsp3) is 0.417. The molecule has 0 bridgehead atoms. The zero-order chi connectivity index (χ0) is 10.8. The summed E-state index contributed by atoms with van der Waals surface area (Å²) in [5.74, 6) is -0.288. The average Bonchev–Trinajstić information content (AvgIpc) is 3.00. The number of carboxylic acids is 1. The molecular formula is C12H14O3. The van der Waals surface area contributed by atoms with Crippen LogP contribution in [-0.2, 0) is 4.79 Å². The third-order valence-corrected chi connectivity index (χ3v) is 2.74. The van der Waals surface area contributed by atoms with Crippen molar-refractivity contribution >= 4 is 5.97 Å². The van der Waals surface area contributed by atoms with Gasteiger partial charge in [-0.05, 0) is 29.9 Å². The maximum atomic E-state index is 10.4. The maximum Gasteiger partial charge on any atom is 0.306 e. The first-order valence-corrected chi connectivity index (χ1v) is 5.16. The zero-order valence-corrected chi connectivity index (χ0v) is 8.39. The number of benzene rings is 1. The summed E-state index contributed by atoms with van der Waals surface area (Å²) in [4.78, 5) is 10.4. The average molecular weight is 206 g/mol. The van der Waals surface area contributed by atoms with Gasteiger partial charge in [-0.3, -0.25) is 4.79 Å². The predicted octanol–water partition coefficient (Wildman–Crippen LogP) is 2.07. The topological polar surface area (TPSA) is 57.5 Å². The first kappa shape index (κ1) is 10.2. The number of aliphatic hydroxyl groups excluding tert-OH is 1. The molecule has 0 amide bonds. The Hall–Kier alpha value is -1.35. The number of rotatable bonds is 4. The Morgan fingerprint density at radius 2 is 1.93 bits per heavy atom. The molecule has 0 saturated heterocycles. The van der Waals surface area contributed by atoms with Crippen molar-refractivity contribution in [3.8, 4) is 0 Å². The Kier molecular flexibility index (Phi) is 2.73. The Bertz CT molecular complexity index is 352.